The molecule has 0 amide bonds. The van der Waals surface area contributed by atoms with Crippen LogP contribution in [0.1, 0.15) is 0 Å². The van der Waals surface area contributed by atoms with E-state index in [0.717, 1.165) is 18.2 Å². The van der Waals surface area contributed by atoms with Gasteiger partial charge in [0, 0.05) is 5.39 Å². The number of benzene rings is 2. The maximum absolute atomic E-state index is 13.6. The Balaban J connectivity index is 2.10. The highest BCUT2D eigenvalue weighted by molar-refractivity contribution is 7.92. The molecule has 1 aromatic heterocycles. The maximum Gasteiger partial charge on any atom is 0.267 e. The van der Waals surface area contributed by atoms with Crippen LogP contribution >= 0.6 is 0 Å². The zero-order valence-corrected chi connectivity index (χ0v) is 11.3. The van der Waals surface area contributed by atoms with Crippen molar-refractivity contribution in [3.05, 3.63) is 54.2 Å². The van der Waals surface area contributed by atoms with Gasteiger partial charge < -0.3 is 0 Å². The number of fused-ring (bicyclic) bond motifs is 1. The van der Waals surface area contributed by atoms with E-state index in [1.54, 1.807) is 12.1 Å². The van der Waals surface area contributed by atoms with Crippen LogP contribution in [0.3, 0.4) is 0 Å². The van der Waals surface area contributed by atoms with Gasteiger partial charge in [0.25, 0.3) is 10.0 Å². The molecule has 0 aliphatic heterocycles. The highest BCUT2D eigenvalue weighted by Crippen LogP contribution is 2.25. The molecule has 0 saturated heterocycles. The summed E-state index contributed by atoms with van der Waals surface area (Å²) in [5.41, 5.74) is 0.588. The summed E-state index contributed by atoms with van der Waals surface area (Å²) in [6.07, 6.45) is 1.51. The van der Waals surface area contributed by atoms with Crippen molar-refractivity contribution in [2.24, 2.45) is 0 Å². The Morgan fingerprint density at radius 2 is 1.71 bits per heavy atom. The van der Waals surface area contributed by atoms with Crippen LogP contribution in [-0.4, -0.2) is 18.6 Å². The molecule has 0 radical (unpaired) electrons. The minimum absolute atomic E-state index is 0.160. The minimum atomic E-state index is -4.39. The fourth-order valence-electron chi connectivity index (χ4n) is 1.99. The van der Waals surface area contributed by atoms with E-state index in [1.165, 1.54) is 12.3 Å². The third-order valence-corrected chi connectivity index (χ3v) is 4.32. The first kappa shape index (κ1) is 13.5. The molecule has 1 heterocycles. The Kier molecular flexibility index (Phi) is 3.09. The Morgan fingerprint density at radius 1 is 1.05 bits per heavy atom. The van der Waals surface area contributed by atoms with E-state index < -0.39 is 26.6 Å². The number of aromatic amines is 1. The second-order valence-corrected chi connectivity index (χ2v) is 5.92. The van der Waals surface area contributed by atoms with E-state index >= 15 is 0 Å². The summed E-state index contributed by atoms with van der Waals surface area (Å²) in [6.45, 7) is 0. The lowest BCUT2D eigenvalue weighted by Crippen LogP contribution is -2.16. The molecule has 2 aromatic carbocycles. The van der Waals surface area contributed by atoms with E-state index in [1.807, 2.05) is 0 Å². The van der Waals surface area contributed by atoms with Crippen LogP contribution in [0.25, 0.3) is 10.9 Å². The Morgan fingerprint density at radius 3 is 2.43 bits per heavy atom. The molecule has 0 fully saturated rings. The number of aromatic nitrogens is 2. The molecule has 0 spiro atoms. The van der Waals surface area contributed by atoms with Gasteiger partial charge in [0.2, 0.25) is 0 Å². The van der Waals surface area contributed by atoms with Gasteiger partial charge in [-0.05, 0) is 18.2 Å². The lowest BCUT2D eigenvalue weighted by atomic mass is 10.2. The normalized spacial score (nSPS) is 11.7. The second-order valence-electron chi connectivity index (χ2n) is 4.30. The third-order valence-electron chi connectivity index (χ3n) is 2.91. The number of nitrogens with zero attached hydrogens (tertiary/aromatic N) is 1. The predicted molar refractivity (Wildman–Crippen MR) is 73.3 cm³/mol. The predicted octanol–water partition coefficient (Wildman–Crippen LogP) is 2.64. The monoisotopic (exact) mass is 309 g/mol. The van der Waals surface area contributed by atoms with E-state index in [2.05, 4.69) is 14.9 Å². The van der Waals surface area contributed by atoms with Crippen molar-refractivity contribution in [3.63, 3.8) is 0 Å². The summed E-state index contributed by atoms with van der Waals surface area (Å²) < 4.78 is 53.8. The molecule has 0 bridgehead atoms. The van der Waals surface area contributed by atoms with Gasteiger partial charge in [0.1, 0.15) is 11.6 Å². The van der Waals surface area contributed by atoms with E-state index in [0.29, 0.717) is 10.9 Å². The van der Waals surface area contributed by atoms with Crippen molar-refractivity contribution in [3.8, 4) is 0 Å². The largest absolute Gasteiger partial charge is 0.277 e. The van der Waals surface area contributed by atoms with Gasteiger partial charge in [0.05, 0.1) is 17.4 Å². The fraction of sp³-hybridized carbons (Fsp3) is 0. The number of hydrogen-bond donors (Lipinski definition) is 2. The van der Waals surface area contributed by atoms with Crippen LogP contribution in [0, 0.1) is 11.6 Å². The van der Waals surface area contributed by atoms with Crippen LogP contribution in [0.4, 0.5) is 14.5 Å². The number of hydrogen-bond acceptors (Lipinski definition) is 3. The zero-order valence-electron chi connectivity index (χ0n) is 10.5. The van der Waals surface area contributed by atoms with E-state index in [4.69, 9.17) is 0 Å². The van der Waals surface area contributed by atoms with Gasteiger partial charge in [-0.3, -0.25) is 9.82 Å². The molecule has 108 valence electrons. The van der Waals surface area contributed by atoms with Crippen LogP contribution in [0.2, 0.25) is 0 Å². The number of para-hydroxylation sites is 1. The number of halogens is 2. The van der Waals surface area contributed by atoms with Crippen LogP contribution in [-0.2, 0) is 10.0 Å². The first-order valence-corrected chi connectivity index (χ1v) is 7.36. The van der Waals surface area contributed by atoms with Gasteiger partial charge in [-0.25, -0.2) is 17.2 Å². The summed E-state index contributed by atoms with van der Waals surface area (Å²) in [7, 11) is -4.39. The molecule has 8 heteroatoms. The Hall–Kier alpha value is -2.48. The van der Waals surface area contributed by atoms with Crippen molar-refractivity contribution in [1.29, 1.82) is 0 Å². The highest BCUT2D eigenvalue weighted by atomic mass is 32.2. The number of anilines is 1. The maximum atomic E-state index is 13.6. The minimum Gasteiger partial charge on any atom is -0.277 e. The van der Waals surface area contributed by atoms with Gasteiger partial charge in [-0.1, -0.05) is 18.2 Å². The van der Waals surface area contributed by atoms with E-state index in [-0.39, 0.29) is 5.69 Å². The molecule has 3 rings (SSSR count). The quantitative estimate of drug-likeness (QED) is 0.781. The van der Waals surface area contributed by atoms with Crippen molar-refractivity contribution >= 4 is 26.6 Å². The van der Waals surface area contributed by atoms with Crippen LogP contribution < -0.4 is 4.72 Å². The Bertz CT molecular complexity index is 902. The average Bonchev–Trinajstić information content (AvgIpc) is 2.87. The summed E-state index contributed by atoms with van der Waals surface area (Å²) in [5.74, 6) is -2.31. The summed E-state index contributed by atoms with van der Waals surface area (Å²) >= 11 is 0. The molecule has 0 unspecified atom stereocenters. The summed E-state index contributed by atoms with van der Waals surface area (Å²) in [4.78, 5) is -1.01. The van der Waals surface area contributed by atoms with Crippen molar-refractivity contribution < 1.29 is 17.2 Å². The van der Waals surface area contributed by atoms with Crippen molar-refractivity contribution in [2.75, 3.05) is 4.72 Å². The molecular weight excluding hydrogens is 300 g/mol. The number of rotatable bonds is 3. The standard InChI is InChI=1S/C13H9F2N3O2S/c14-9-4-2-5-10(15)13(9)21(19,20)18-11-6-1-3-8-7-16-17-12(8)11/h1-7,18H,(H,16,17). The topological polar surface area (TPSA) is 74.8 Å². The molecule has 5 nitrogen and oxygen atoms in total. The van der Waals surface area contributed by atoms with Crippen molar-refractivity contribution in [2.45, 2.75) is 4.90 Å². The molecule has 0 aliphatic carbocycles. The van der Waals surface area contributed by atoms with Crippen molar-refractivity contribution in [1.82, 2.24) is 10.2 Å². The third kappa shape index (κ3) is 2.33. The van der Waals surface area contributed by atoms with E-state index in [9.17, 15) is 17.2 Å². The smallest absolute Gasteiger partial charge is 0.267 e. The molecule has 2 N–H and O–H groups in total. The fourth-order valence-corrected chi connectivity index (χ4v) is 3.20. The molecule has 0 atom stereocenters. The first-order valence-electron chi connectivity index (χ1n) is 5.88. The average molecular weight is 309 g/mol. The van der Waals surface area contributed by atoms with Gasteiger partial charge in [0.15, 0.2) is 4.90 Å². The van der Waals surface area contributed by atoms with Gasteiger partial charge in [-0.2, -0.15) is 5.10 Å². The summed E-state index contributed by atoms with van der Waals surface area (Å²) in [5, 5.41) is 7.09. The van der Waals surface area contributed by atoms with Gasteiger partial charge in [-0.15, -0.1) is 0 Å². The Labute approximate surface area is 118 Å². The molecule has 21 heavy (non-hydrogen) atoms. The lowest BCUT2D eigenvalue weighted by Gasteiger charge is -2.10. The van der Waals surface area contributed by atoms with Crippen LogP contribution in [0.15, 0.2) is 47.5 Å². The number of nitrogens with one attached hydrogen (secondary N) is 2. The SMILES string of the molecule is O=S(=O)(Nc1cccc2cn[nH]c12)c1c(F)cccc1F. The van der Waals surface area contributed by atoms with Gasteiger partial charge >= 0.3 is 0 Å². The number of H-pyrrole nitrogens is 1. The van der Waals surface area contributed by atoms with Crippen LogP contribution in [0.5, 0.6) is 0 Å². The summed E-state index contributed by atoms with van der Waals surface area (Å²) in [6, 6.07) is 7.66. The molecule has 0 aliphatic rings. The highest BCUT2D eigenvalue weighted by Gasteiger charge is 2.24. The zero-order chi connectivity index (χ0) is 15.0. The number of sulfonamides is 1. The first-order chi connectivity index (χ1) is 9.99. The lowest BCUT2D eigenvalue weighted by molar-refractivity contribution is 0.521. The molecular formula is C13H9F2N3O2S. The molecule has 0 saturated carbocycles. The second kappa shape index (κ2) is 4.81. The molecule has 3 aromatic rings.